The van der Waals surface area contributed by atoms with Gasteiger partial charge in [0.05, 0.1) is 12.5 Å². The van der Waals surface area contributed by atoms with Crippen LogP contribution in [0.2, 0.25) is 0 Å². The molecule has 1 amide bonds. The third-order valence-electron chi connectivity index (χ3n) is 3.48. The number of hydrogen-bond acceptors (Lipinski definition) is 2. The highest BCUT2D eigenvalue weighted by Crippen LogP contribution is 2.21. The summed E-state index contributed by atoms with van der Waals surface area (Å²) < 4.78 is 13.2. The molecule has 3 nitrogen and oxygen atoms in total. The fourth-order valence-corrected chi connectivity index (χ4v) is 2.07. The van der Waals surface area contributed by atoms with Gasteiger partial charge in [-0.1, -0.05) is 24.3 Å². The number of rotatable bonds is 4. The van der Waals surface area contributed by atoms with Crippen molar-refractivity contribution in [2.45, 2.75) is 26.4 Å². The van der Waals surface area contributed by atoms with Crippen LogP contribution in [-0.4, -0.2) is 11.0 Å². The minimum absolute atomic E-state index is 0.0808. The highest BCUT2D eigenvalue weighted by atomic mass is 19.1. The summed E-state index contributed by atoms with van der Waals surface area (Å²) in [6.45, 7) is 3.53. The number of anilines is 1. The van der Waals surface area contributed by atoms with Crippen molar-refractivity contribution in [3.8, 4) is 0 Å². The second-order valence-corrected chi connectivity index (χ2v) is 5.07. The number of hydrogen-bond donors (Lipinski definition) is 2. The second-order valence-electron chi connectivity index (χ2n) is 5.07. The van der Waals surface area contributed by atoms with E-state index in [1.807, 2.05) is 13.0 Å². The predicted octanol–water partition coefficient (Wildman–Crippen LogP) is 3.37. The van der Waals surface area contributed by atoms with Crippen molar-refractivity contribution in [1.82, 2.24) is 0 Å². The van der Waals surface area contributed by atoms with Crippen LogP contribution in [0.25, 0.3) is 0 Å². The summed E-state index contributed by atoms with van der Waals surface area (Å²) in [6, 6.07) is 11.4. The average molecular weight is 287 g/mol. The molecule has 0 fully saturated rings. The summed E-state index contributed by atoms with van der Waals surface area (Å²) in [5.41, 5.74) is 2.93. The van der Waals surface area contributed by atoms with Crippen molar-refractivity contribution >= 4 is 11.6 Å². The van der Waals surface area contributed by atoms with Gasteiger partial charge >= 0.3 is 0 Å². The number of aliphatic hydroxyl groups excluding tert-OH is 1. The lowest BCUT2D eigenvalue weighted by molar-refractivity contribution is -0.117. The first-order valence-electron chi connectivity index (χ1n) is 6.78. The zero-order valence-electron chi connectivity index (χ0n) is 12.1. The smallest absolute Gasteiger partial charge is 0.231 e. The zero-order valence-corrected chi connectivity index (χ0v) is 12.1. The number of halogens is 1. The summed E-state index contributed by atoms with van der Waals surface area (Å²) in [7, 11) is 0. The van der Waals surface area contributed by atoms with Crippen LogP contribution in [0.5, 0.6) is 0 Å². The van der Waals surface area contributed by atoms with E-state index in [0.29, 0.717) is 11.3 Å². The Morgan fingerprint density at radius 2 is 2.05 bits per heavy atom. The quantitative estimate of drug-likeness (QED) is 0.905. The fraction of sp³-hybridized carbons (Fsp3) is 0.235. The van der Waals surface area contributed by atoms with Crippen LogP contribution in [0.15, 0.2) is 42.5 Å². The van der Waals surface area contributed by atoms with E-state index >= 15 is 0 Å². The molecular formula is C17H18FNO2. The summed E-state index contributed by atoms with van der Waals surface area (Å²) >= 11 is 0. The fourth-order valence-electron chi connectivity index (χ4n) is 2.07. The molecule has 0 radical (unpaired) electrons. The van der Waals surface area contributed by atoms with Crippen LogP contribution in [0, 0.1) is 12.7 Å². The Bertz CT molecular complexity index is 655. The highest BCUT2D eigenvalue weighted by molar-refractivity contribution is 5.96. The maximum atomic E-state index is 13.2. The Morgan fingerprint density at radius 3 is 2.71 bits per heavy atom. The van der Waals surface area contributed by atoms with Crippen LogP contribution >= 0.6 is 0 Å². The van der Waals surface area contributed by atoms with Gasteiger partial charge in [0.2, 0.25) is 5.91 Å². The molecule has 1 atom stereocenters. The van der Waals surface area contributed by atoms with E-state index in [2.05, 4.69) is 5.32 Å². The van der Waals surface area contributed by atoms with E-state index in [0.717, 1.165) is 11.1 Å². The maximum absolute atomic E-state index is 13.2. The van der Waals surface area contributed by atoms with Gasteiger partial charge in [-0.05, 0) is 48.7 Å². The molecule has 1 unspecified atom stereocenters. The van der Waals surface area contributed by atoms with Crippen LogP contribution in [-0.2, 0) is 11.4 Å². The van der Waals surface area contributed by atoms with Crippen molar-refractivity contribution in [3.05, 3.63) is 65.0 Å². The van der Waals surface area contributed by atoms with Gasteiger partial charge in [-0.3, -0.25) is 4.79 Å². The molecule has 0 aliphatic rings. The summed E-state index contributed by atoms with van der Waals surface area (Å²) in [5.74, 6) is -1.03. The minimum atomic E-state index is -0.460. The molecule has 2 aromatic rings. The van der Waals surface area contributed by atoms with E-state index in [4.69, 9.17) is 5.11 Å². The number of carbonyl (C=O) groups is 1. The van der Waals surface area contributed by atoms with Gasteiger partial charge in [-0.15, -0.1) is 0 Å². The normalized spacial score (nSPS) is 12.0. The molecule has 0 aromatic heterocycles. The molecule has 0 aliphatic carbocycles. The second kappa shape index (κ2) is 6.50. The monoisotopic (exact) mass is 287 g/mol. The van der Waals surface area contributed by atoms with Crippen molar-refractivity contribution in [2.24, 2.45) is 0 Å². The van der Waals surface area contributed by atoms with Gasteiger partial charge in [0.1, 0.15) is 5.82 Å². The molecule has 0 heterocycles. The van der Waals surface area contributed by atoms with Gasteiger partial charge in [-0.2, -0.15) is 0 Å². The molecule has 21 heavy (non-hydrogen) atoms. The molecule has 2 N–H and O–H groups in total. The standard InChI is InChI=1S/C17H18FNO2/c1-11-6-7-13(10-20)8-16(11)19-17(21)12(2)14-4-3-5-15(18)9-14/h3-9,12,20H,10H2,1-2H3,(H,19,21). The van der Waals surface area contributed by atoms with Crippen molar-refractivity contribution in [3.63, 3.8) is 0 Å². The topological polar surface area (TPSA) is 49.3 Å². The van der Waals surface area contributed by atoms with Gasteiger partial charge in [0.15, 0.2) is 0 Å². The number of amides is 1. The predicted molar refractivity (Wildman–Crippen MR) is 80.5 cm³/mol. The first-order chi connectivity index (χ1) is 10.0. The van der Waals surface area contributed by atoms with E-state index in [1.54, 1.807) is 31.2 Å². The zero-order chi connectivity index (χ0) is 15.4. The van der Waals surface area contributed by atoms with E-state index < -0.39 is 5.92 Å². The number of aryl methyl sites for hydroxylation is 1. The van der Waals surface area contributed by atoms with Crippen LogP contribution in [0.3, 0.4) is 0 Å². The highest BCUT2D eigenvalue weighted by Gasteiger charge is 2.16. The Morgan fingerprint density at radius 1 is 1.29 bits per heavy atom. The summed E-state index contributed by atoms with van der Waals surface area (Å²) in [5, 5.41) is 12.0. The number of benzene rings is 2. The van der Waals surface area contributed by atoms with Gasteiger partial charge in [-0.25, -0.2) is 4.39 Å². The van der Waals surface area contributed by atoms with Crippen molar-refractivity contribution in [2.75, 3.05) is 5.32 Å². The Kier molecular flexibility index (Phi) is 4.70. The number of carbonyl (C=O) groups excluding carboxylic acids is 1. The third-order valence-corrected chi connectivity index (χ3v) is 3.48. The first kappa shape index (κ1) is 15.2. The molecule has 0 bridgehead atoms. The van der Waals surface area contributed by atoms with Crippen molar-refractivity contribution in [1.29, 1.82) is 0 Å². The maximum Gasteiger partial charge on any atom is 0.231 e. The third kappa shape index (κ3) is 3.67. The molecule has 2 rings (SSSR count). The Balaban J connectivity index is 2.18. The molecule has 110 valence electrons. The van der Waals surface area contributed by atoms with Crippen LogP contribution in [0.1, 0.15) is 29.5 Å². The molecule has 0 saturated heterocycles. The van der Waals surface area contributed by atoms with E-state index in [9.17, 15) is 9.18 Å². The molecule has 0 saturated carbocycles. The van der Waals surface area contributed by atoms with Crippen molar-refractivity contribution < 1.29 is 14.3 Å². The summed E-state index contributed by atoms with van der Waals surface area (Å²) in [4.78, 5) is 12.3. The minimum Gasteiger partial charge on any atom is -0.392 e. The molecule has 2 aromatic carbocycles. The lowest BCUT2D eigenvalue weighted by atomic mass is 10.00. The molecule has 0 spiro atoms. The van der Waals surface area contributed by atoms with Crippen LogP contribution in [0.4, 0.5) is 10.1 Å². The summed E-state index contributed by atoms with van der Waals surface area (Å²) in [6.07, 6.45) is 0. The molecule has 4 heteroatoms. The van der Waals surface area contributed by atoms with Gasteiger partial charge in [0, 0.05) is 5.69 Å². The SMILES string of the molecule is Cc1ccc(CO)cc1NC(=O)C(C)c1cccc(F)c1. The lowest BCUT2D eigenvalue weighted by Crippen LogP contribution is -2.19. The Labute approximate surface area is 123 Å². The number of nitrogens with one attached hydrogen (secondary N) is 1. The van der Waals surface area contributed by atoms with Crippen LogP contribution < -0.4 is 5.32 Å². The molecule has 0 aliphatic heterocycles. The van der Waals surface area contributed by atoms with E-state index in [1.165, 1.54) is 12.1 Å². The average Bonchev–Trinajstić information content (AvgIpc) is 2.48. The van der Waals surface area contributed by atoms with Gasteiger partial charge < -0.3 is 10.4 Å². The van der Waals surface area contributed by atoms with Gasteiger partial charge in [0.25, 0.3) is 0 Å². The largest absolute Gasteiger partial charge is 0.392 e. The molecular weight excluding hydrogens is 269 g/mol. The van der Waals surface area contributed by atoms with E-state index in [-0.39, 0.29) is 18.3 Å². The Hall–Kier alpha value is -2.20. The first-order valence-corrected chi connectivity index (χ1v) is 6.78. The lowest BCUT2D eigenvalue weighted by Gasteiger charge is -2.15. The number of aliphatic hydroxyl groups is 1.